The van der Waals surface area contributed by atoms with Crippen molar-refractivity contribution < 1.29 is 4.74 Å². The molecule has 1 unspecified atom stereocenters. The van der Waals surface area contributed by atoms with Crippen molar-refractivity contribution in [1.29, 1.82) is 0 Å². The molecule has 3 rings (SSSR count). The molecule has 0 saturated carbocycles. The van der Waals surface area contributed by atoms with Gasteiger partial charge in [0.05, 0.1) is 19.8 Å². The van der Waals surface area contributed by atoms with Gasteiger partial charge in [0, 0.05) is 25.7 Å². The highest BCUT2D eigenvalue weighted by Crippen LogP contribution is 2.20. The number of rotatable bonds is 4. The highest BCUT2D eigenvalue weighted by Gasteiger charge is 2.22. The van der Waals surface area contributed by atoms with Crippen LogP contribution in [-0.2, 0) is 11.3 Å². The first-order valence-electron chi connectivity index (χ1n) is 8.73. The molecule has 0 amide bonds. The predicted octanol–water partition coefficient (Wildman–Crippen LogP) is 1.69. The highest BCUT2D eigenvalue weighted by atomic mass is 16.5. The van der Waals surface area contributed by atoms with E-state index < -0.39 is 0 Å². The maximum Gasteiger partial charge on any atom is 0.191 e. The lowest BCUT2D eigenvalue weighted by Crippen LogP contribution is -2.46. The Kier molecular flexibility index (Phi) is 5.88. The number of benzene rings is 1. The summed E-state index contributed by atoms with van der Waals surface area (Å²) < 4.78 is 5.37. The van der Waals surface area contributed by atoms with Crippen LogP contribution in [0.4, 0.5) is 0 Å². The molecule has 1 atom stereocenters. The fourth-order valence-corrected chi connectivity index (χ4v) is 3.38. The Labute approximate surface area is 139 Å². The standard InChI is InChI=1S/C18H28N4O/c19-18(21-10-12-23-13-11-21)20-14-17-8-4-5-9-22(17)15-16-6-2-1-3-7-16/h1-3,6-7,17H,4-5,8-15H2,(H2,19,20). The molecule has 1 aromatic rings. The first kappa shape index (κ1) is 16.3. The summed E-state index contributed by atoms with van der Waals surface area (Å²) in [4.78, 5) is 9.38. The number of nitrogens with zero attached hydrogens (tertiary/aromatic N) is 3. The topological polar surface area (TPSA) is 54.1 Å². The van der Waals surface area contributed by atoms with Gasteiger partial charge in [-0.15, -0.1) is 0 Å². The van der Waals surface area contributed by atoms with Gasteiger partial charge in [0.15, 0.2) is 5.96 Å². The van der Waals surface area contributed by atoms with Crippen LogP contribution in [0.1, 0.15) is 24.8 Å². The Morgan fingerprint density at radius 1 is 1.13 bits per heavy atom. The molecule has 2 aliphatic rings. The third kappa shape index (κ3) is 4.69. The number of likely N-dealkylation sites (tertiary alicyclic amines) is 1. The number of piperidine rings is 1. The van der Waals surface area contributed by atoms with Crippen molar-refractivity contribution in [2.24, 2.45) is 10.7 Å². The molecule has 2 fully saturated rings. The molecule has 2 heterocycles. The summed E-state index contributed by atoms with van der Waals surface area (Å²) in [6, 6.07) is 11.2. The van der Waals surface area contributed by atoms with E-state index in [-0.39, 0.29) is 0 Å². The first-order valence-corrected chi connectivity index (χ1v) is 8.73. The lowest BCUT2D eigenvalue weighted by atomic mass is 10.0. The third-order valence-corrected chi connectivity index (χ3v) is 4.78. The van der Waals surface area contributed by atoms with Gasteiger partial charge in [0.2, 0.25) is 0 Å². The van der Waals surface area contributed by atoms with E-state index in [4.69, 9.17) is 10.5 Å². The summed E-state index contributed by atoms with van der Waals surface area (Å²) in [5, 5.41) is 0. The Morgan fingerprint density at radius 3 is 2.70 bits per heavy atom. The third-order valence-electron chi connectivity index (χ3n) is 4.78. The van der Waals surface area contributed by atoms with E-state index in [2.05, 4.69) is 45.1 Å². The fourth-order valence-electron chi connectivity index (χ4n) is 3.38. The van der Waals surface area contributed by atoms with Crippen molar-refractivity contribution in [3.05, 3.63) is 35.9 Å². The fraction of sp³-hybridized carbons (Fsp3) is 0.611. The van der Waals surface area contributed by atoms with Crippen LogP contribution in [0, 0.1) is 0 Å². The summed E-state index contributed by atoms with van der Waals surface area (Å²) in [5.74, 6) is 0.679. The van der Waals surface area contributed by atoms with Gasteiger partial charge in [-0.2, -0.15) is 0 Å². The largest absolute Gasteiger partial charge is 0.378 e. The van der Waals surface area contributed by atoms with E-state index in [9.17, 15) is 0 Å². The minimum Gasteiger partial charge on any atom is -0.378 e. The predicted molar refractivity (Wildman–Crippen MR) is 93.4 cm³/mol. The molecular weight excluding hydrogens is 288 g/mol. The van der Waals surface area contributed by atoms with Crippen LogP contribution in [0.15, 0.2) is 35.3 Å². The Morgan fingerprint density at radius 2 is 1.91 bits per heavy atom. The van der Waals surface area contributed by atoms with Crippen LogP contribution < -0.4 is 5.73 Å². The van der Waals surface area contributed by atoms with Crippen molar-refractivity contribution in [2.75, 3.05) is 39.4 Å². The van der Waals surface area contributed by atoms with Crippen LogP contribution in [0.5, 0.6) is 0 Å². The first-order chi connectivity index (χ1) is 11.3. The summed E-state index contributed by atoms with van der Waals surface area (Å²) in [5.41, 5.74) is 7.54. The quantitative estimate of drug-likeness (QED) is 0.678. The molecule has 0 aromatic heterocycles. The zero-order chi connectivity index (χ0) is 15.9. The smallest absolute Gasteiger partial charge is 0.191 e. The average Bonchev–Trinajstić information content (AvgIpc) is 2.62. The number of hydrogen-bond donors (Lipinski definition) is 1. The lowest BCUT2D eigenvalue weighted by Gasteiger charge is -2.35. The van der Waals surface area contributed by atoms with Crippen molar-refractivity contribution in [3.63, 3.8) is 0 Å². The summed E-state index contributed by atoms with van der Waals surface area (Å²) in [6.07, 6.45) is 3.79. The number of guanidine groups is 1. The number of aliphatic imine (C=N–C) groups is 1. The van der Waals surface area contributed by atoms with Gasteiger partial charge < -0.3 is 15.4 Å². The molecule has 0 spiro atoms. The second kappa shape index (κ2) is 8.31. The summed E-state index contributed by atoms with van der Waals surface area (Å²) >= 11 is 0. The molecule has 0 bridgehead atoms. The van der Waals surface area contributed by atoms with Gasteiger partial charge in [-0.05, 0) is 24.9 Å². The van der Waals surface area contributed by atoms with Crippen LogP contribution in [0.25, 0.3) is 0 Å². The molecule has 0 aliphatic carbocycles. The van der Waals surface area contributed by atoms with Crippen LogP contribution in [-0.4, -0.2) is 61.2 Å². The molecule has 2 aliphatic heterocycles. The lowest BCUT2D eigenvalue weighted by molar-refractivity contribution is 0.0672. The second-order valence-corrected chi connectivity index (χ2v) is 6.40. The molecule has 23 heavy (non-hydrogen) atoms. The van der Waals surface area contributed by atoms with Gasteiger partial charge in [0.25, 0.3) is 0 Å². The molecular formula is C18H28N4O. The van der Waals surface area contributed by atoms with Gasteiger partial charge in [-0.1, -0.05) is 36.8 Å². The minimum absolute atomic E-state index is 0.503. The Balaban J connectivity index is 1.57. The Bertz CT molecular complexity index is 499. The summed E-state index contributed by atoms with van der Waals surface area (Å²) in [6.45, 7) is 6.18. The van der Waals surface area contributed by atoms with Crippen LogP contribution >= 0.6 is 0 Å². The van der Waals surface area contributed by atoms with Crippen LogP contribution in [0.2, 0.25) is 0 Å². The van der Waals surface area contributed by atoms with Gasteiger partial charge >= 0.3 is 0 Å². The van der Waals surface area contributed by atoms with E-state index >= 15 is 0 Å². The Hall–Kier alpha value is -1.59. The van der Waals surface area contributed by atoms with E-state index in [0.29, 0.717) is 12.0 Å². The van der Waals surface area contributed by atoms with Crippen molar-refractivity contribution in [3.8, 4) is 0 Å². The van der Waals surface area contributed by atoms with E-state index in [1.54, 1.807) is 0 Å². The van der Waals surface area contributed by atoms with Gasteiger partial charge in [-0.3, -0.25) is 9.89 Å². The maximum atomic E-state index is 6.17. The number of hydrogen-bond acceptors (Lipinski definition) is 3. The molecule has 2 saturated heterocycles. The second-order valence-electron chi connectivity index (χ2n) is 6.40. The average molecular weight is 316 g/mol. The van der Waals surface area contributed by atoms with Gasteiger partial charge in [0.1, 0.15) is 0 Å². The van der Waals surface area contributed by atoms with Gasteiger partial charge in [-0.25, -0.2) is 0 Å². The van der Waals surface area contributed by atoms with E-state index in [0.717, 1.165) is 45.9 Å². The zero-order valence-corrected chi connectivity index (χ0v) is 13.9. The summed E-state index contributed by atoms with van der Waals surface area (Å²) in [7, 11) is 0. The van der Waals surface area contributed by atoms with Crippen molar-refractivity contribution in [1.82, 2.24) is 9.80 Å². The van der Waals surface area contributed by atoms with Crippen molar-refractivity contribution >= 4 is 5.96 Å². The van der Waals surface area contributed by atoms with Crippen LogP contribution in [0.3, 0.4) is 0 Å². The monoisotopic (exact) mass is 316 g/mol. The molecule has 2 N–H and O–H groups in total. The van der Waals surface area contributed by atoms with E-state index in [1.165, 1.54) is 24.8 Å². The molecule has 126 valence electrons. The molecule has 1 aromatic carbocycles. The van der Waals surface area contributed by atoms with Crippen molar-refractivity contribution in [2.45, 2.75) is 31.8 Å². The zero-order valence-electron chi connectivity index (χ0n) is 13.9. The number of ether oxygens (including phenoxy) is 1. The molecule has 5 nitrogen and oxygen atoms in total. The number of morpholine rings is 1. The SMILES string of the molecule is NC(=NCC1CCCCN1Cc1ccccc1)N1CCOCC1. The van der Waals surface area contributed by atoms with E-state index in [1.807, 2.05) is 0 Å². The maximum absolute atomic E-state index is 6.17. The molecule has 5 heteroatoms. The highest BCUT2D eigenvalue weighted by molar-refractivity contribution is 5.78. The normalized spacial score (nSPS) is 23.9. The number of nitrogens with two attached hydrogens (primary N) is 1. The molecule has 0 radical (unpaired) electrons. The minimum atomic E-state index is 0.503.